The minimum Gasteiger partial charge on any atom is -0.322 e. The SMILES string of the molecule is O=C(Nc1ccc(-c2ccc(Cl)cc2)cc1)c1cc(-c2ccc(Cl)cc2)nc2ccccc12. The molecule has 5 heteroatoms. The third-order valence-electron chi connectivity index (χ3n) is 5.42. The predicted molar refractivity (Wildman–Crippen MR) is 137 cm³/mol. The Labute approximate surface area is 201 Å². The predicted octanol–water partition coefficient (Wildman–Crippen LogP) is 8.13. The normalized spacial score (nSPS) is 10.8. The Morgan fingerprint density at radius 3 is 1.85 bits per heavy atom. The van der Waals surface area contributed by atoms with Gasteiger partial charge in [-0.15, -0.1) is 0 Å². The van der Waals surface area contributed by atoms with Crippen LogP contribution in [0.5, 0.6) is 0 Å². The van der Waals surface area contributed by atoms with Gasteiger partial charge in [0.15, 0.2) is 0 Å². The number of pyridine rings is 1. The second-order valence-electron chi connectivity index (χ2n) is 7.62. The van der Waals surface area contributed by atoms with Crippen LogP contribution in [0.2, 0.25) is 10.0 Å². The van der Waals surface area contributed by atoms with Gasteiger partial charge in [0.25, 0.3) is 5.91 Å². The highest BCUT2D eigenvalue weighted by Crippen LogP contribution is 2.27. The third kappa shape index (κ3) is 4.61. The zero-order valence-electron chi connectivity index (χ0n) is 17.4. The largest absolute Gasteiger partial charge is 0.322 e. The number of rotatable bonds is 4. The highest BCUT2D eigenvalue weighted by molar-refractivity contribution is 6.31. The first-order valence-electron chi connectivity index (χ1n) is 10.4. The van der Waals surface area contributed by atoms with Crippen LogP contribution in [0.25, 0.3) is 33.3 Å². The summed E-state index contributed by atoms with van der Waals surface area (Å²) in [6.45, 7) is 0. The van der Waals surface area contributed by atoms with E-state index < -0.39 is 0 Å². The Bertz CT molecular complexity index is 1450. The number of hydrogen-bond donors (Lipinski definition) is 1. The van der Waals surface area contributed by atoms with Crippen molar-refractivity contribution in [1.82, 2.24) is 4.98 Å². The van der Waals surface area contributed by atoms with Crippen LogP contribution < -0.4 is 5.32 Å². The summed E-state index contributed by atoms with van der Waals surface area (Å²) in [6, 6.07) is 32.3. The molecular formula is C28H18Cl2N2O. The molecule has 0 fully saturated rings. The topological polar surface area (TPSA) is 42.0 Å². The van der Waals surface area contributed by atoms with Crippen LogP contribution in [0.4, 0.5) is 5.69 Å². The minimum absolute atomic E-state index is 0.192. The molecule has 1 N–H and O–H groups in total. The van der Waals surface area contributed by atoms with E-state index in [9.17, 15) is 4.79 Å². The van der Waals surface area contributed by atoms with Crippen LogP contribution >= 0.6 is 23.2 Å². The summed E-state index contributed by atoms with van der Waals surface area (Å²) in [4.78, 5) is 18.0. The van der Waals surface area contributed by atoms with E-state index in [1.54, 1.807) is 0 Å². The molecule has 5 aromatic rings. The fourth-order valence-electron chi connectivity index (χ4n) is 3.72. The highest BCUT2D eigenvalue weighted by atomic mass is 35.5. The maximum absolute atomic E-state index is 13.3. The summed E-state index contributed by atoms with van der Waals surface area (Å²) in [5.41, 5.74) is 5.75. The van der Waals surface area contributed by atoms with Gasteiger partial charge in [-0.1, -0.05) is 77.8 Å². The summed E-state index contributed by atoms with van der Waals surface area (Å²) in [5, 5.41) is 5.17. The summed E-state index contributed by atoms with van der Waals surface area (Å²) in [6.07, 6.45) is 0. The number of carbonyl (C=O) groups excluding carboxylic acids is 1. The molecule has 0 radical (unpaired) electrons. The number of carbonyl (C=O) groups is 1. The summed E-state index contributed by atoms with van der Waals surface area (Å²) < 4.78 is 0. The molecule has 1 amide bonds. The second kappa shape index (κ2) is 9.07. The van der Waals surface area contributed by atoms with Gasteiger partial charge in [-0.3, -0.25) is 4.79 Å². The van der Waals surface area contributed by atoms with E-state index in [0.29, 0.717) is 27.0 Å². The molecule has 0 saturated carbocycles. The van der Waals surface area contributed by atoms with Crippen molar-refractivity contribution in [3.63, 3.8) is 0 Å². The van der Waals surface area contributed by atoms with Crippen LogP contribution in [-0.2, 0) is 0 Å². The van der Waals surface area contributed by atoms with Crippen molar-refractivity contribution in [3.05, 3.63) is 119 Å². The molecule has 3 nitrogen and oxygen atoms in total. The molecule has 33 heavy (non-hydrogen) atoms. The number of halogens is 2. The number of amides is 1. The van der Waals surface area contributed by atoms with Crippen molar-refractivity contribution in [1.29, 1.82) is 0 Å². The van der Waals surface area contributed by atoms with Gasteiger partial charge in [0.2, 0.25) is 0 Å². The van der Waals surface area contributed by atoms with E-state index in [-0.39, 0.29) is 5.91 Å². The average Bonchev–Trinajstić information content (AvgIpc) is 2.85. The van der Waals surface area contributed by atoms with E-state index >= 15 is 0 Å². The van der Waals surface area contributed by atoms with E-state index in [0.717, 1.165) is 27.6 Å². The number of fused-ring (bicyclic) bond motifs is 1. The summed E-state index contributed by atoms with van der Waals surface area (Å²) in [7, 11) is 0. The molecule has 0 atom stereocenters. The maximum Gasteiger partial charge on any atom is 0.256 e. The van der Waals surface area contributed by atoms with Crippen molar-refractivity contribution in [2.45, 2.75) is 0 Å². The number of aromatic nitrogens is 1. The number of para-hydroxylation sites is 1. The summed E-state index contributed by atoms with van der Waals surface area (Å²) in [5.74, 6) is -0.192. The number of nitrogens with zero attached hydrogens (tertiary/aromatic N) is 1. The first-order valence-corrected chi connectivity index (χ1v) is 11.2. The molecule has 0 aliphatic carbocycles. The number of anilines is 1. The molecule has 0 bridgehead atoms. The molecule has 0 aliphatic rings. The maximum atomic E-state index is 13.3. The van der Waals surface area contributed by atoms with Crippen LogP contribution in [0.1, 0.15) is 10.4 Å². The Balaban J connectivity index is 1.46. The van der Waals surface area contributed by atoms with Gasteiger partial charge in [0.1, 0.15) is 0 Å². The zero-order chi connectivity index (χ0) is 22.8. The van der Waals surface area contributed by atoms with Crippen molar-refractivity contribution in [3.8, 4) is 22.4 Å². The molecule has 5 rings (SSSR count). The zero-order valence-corrected chi connectivity index (χ0v) is 18.9. The fraction of sp³-hybridized carbons (Fsp3) is 0. The number of hydrogen-bond acceptors (Lipinski definition) is 2. The molecule has 0 aliphatic heterocycles. The molecule has 0 saturated heterocycles. The Hall–Kier alpha value is -3.66. The van der Waals surface area contributed by atoms with Gasteiger partial charge < -0.3 is 5.32 Å². The van der Waals surface area contributed by atoms with Crippen molar-refractivity contribution in [2.24, 2.45) is 0 Å². The van der Waals surface area contributed by atoms with Gasteiger partial charge in [0.05, 0.1) is 16.8 Å². The third-order valence-corrected chi connectivity index (χ3v) is 5.93. The smallest absolute Gasteiger partial charge is 0.256 e. The molecule has 4 aromatic carbocycles. The number of benzene rings is 4. The van der Waals surface area contributed by atoms with Crippen molar-refractivity contribution >= 4 is 45.7 Å². The van der Waals surface area contributed by atoms with E-state index in [1.807, 2.05) is 103 Å². The monoisotopic (exact) mass is 468 g/mol. The van der Waals surface area contributed by atoms with Crippen molar-refractivity contribution < 1.29 is 4.79 Å². The Kier molecular flexibility index (Phi) is 5.82. The van der Waals surface area contributed by atoms with Gasteiger partial charge in [-0.25, -0.2) is 4.98 Å². The van der Waals surface area contributed by atoms with Gasteiger partial charge >= 0.3 is 0 Å². The Morgan fingerprint density at radius 2 is 1.21 bits per heavy atom. The van der Waals surface area contributed by atoms with E-state index in [4.69, 9.17) is 28.2 Å². The molecular weight excluding hydrogens is 451 g/mol. The van der Waals surface area contributed by atoms with Crippen LogP contribution in [0, 0.1) is 0 Å². The van der Waals surface area contributed by atoms with E-state index in [1.165, 1.54) is 0 Å². The summed E-state index contributed by atoms with van der Waals surface area (Å²) >= 11 is 12.0. The number of nitrogens with one attached hydrogen (secondary N) is 1. The molecule has 1 aromatic heterocycles. The Morgan fingerprint density at radius 1 is 0.667 bits per heavy atom. The van der Waals surface area contributed by atoms with Gasteiger partial charge in [-0.05, 0) is 59.7 Å². The van der Waals surface area contributed by atoms with Crippen LogP contribution in [-0.4, -0.2) is 10.9 Å². The second-order valence-corrected chi connectivity index (χ2v) is 8.49. The van der Waals surface area contributed by atoms with Gasteiger partial charge in [0, 0.05) is 26.7 Å². The highest BCUT2D eigenvalue weighted by Gasteiger charge is 2.14. The first kappa shape index (κ1) is 21.2. The minimum atomic E-state index is -0.192. The fourth-order valence-corrected chi connectivity index (χ4v) is 3.97. The van der Waals surface area contributed by atoms with Gasteiger partial charge in [-0.2, -0.15) is 0 Å². The first-order chi connectivity index (χ1) is 16.1. The average molecular weight is 469 g/mol. The lowest BCUT2D eigenvalue weighted by molar-refractivity contribution is 0.102. The molecule has 1 heterocycles. The molecule has 0 spiro atoms. The lowest BCUT2D eigenvalue weighted by Gasteiger charge is -2.11. The van der Waals surface area contributed by atoms with E-state index in [2.05, 4.69) is 5.32 Å². The standard InChI is InChI=1S/C28H18Cl2N2O/c29-21-11-5-18(6-12-21)19-9-15-23(16-10-19)31-28(33)25-17-27(20-7-13-22(30)14-8-20)32-26-4-2-1-3-24(25)26/h1-17H,(H,31,33). The lowest BCUT2D eigenvalue weighted by atomic mass is 10.0. The lowest BCUT2D eigenvalue weighted by Crippen LogP contribution is -2.13. The molecule has 0 unspecified atom stereocenters. The van der Waals surface area contributed by atoms with Crippen LogP contribution in [0.3, 0.4) is 0 Å². The quantitative estimate of drug-likeness (QED) is 0.289. The van der Waals surface area contributed by atoms with Crippen LogP contribution in [0.15, 0.2) is 103 Å². The molecule has 160 valence electrons. The van der Waals surface area contributed by atoms with Crippen molar-refractivity contribution in [2.75, 3.05) is 5.32 Å².